The highest BCUT2D eigenvalue weighted by molar-refractivity contribution is 8.14. The third-order valence-electron chi connectivity index (χ3n) is 4.73. The molecule has 0 radical (unpaired) electrons. The largest absolute Gasteiger partial charge is 0.360 e. The van der Waals surface area contributed by atoms with E-state index in [0.29, 0.717) is 44.0 Å². The number of amidine groups is 1. The van der Waals surface area contributed by atoms with E-state index in [1.165, 1.54) is 37.4 Å². The second-order valence-electron chi connectivity index (χ2n) is 6.21. The van der Waals surface area contributed by atoms with Crippen molar-refractivity contribution in [3.05, 3.63) is 0 Å². The molecule has 1 N–H and O–H groups in total. The topological polar surface area (TPSA) is 65.0 Å². The summed E-state index contributed by atoms with van der Waals surface area (Å²) in [6, 6.07) is 0.913. The van der Waals surface area contributed by atoms with Gasteiger partial charge in [-0.1, -0.05) is 24.6 Å². The zero-order chi connectivity index (χ0) is 15.5. The number of amides is 2. The third kappa shape index (κ3) is 3.56. The van der Waals surface area contributed by atoms with Crippen molar-refractivity contribution in [2.75, 3.05) is 31.9 Å². The van der Waals surface area contributed by atoms with E-state index in [1.807, 2.05) is 4.90 Å². The van der Waals surface area contributed by atoms with Gasteiger partial charge in [0.1, 0.15) is 0 Å². The summed E-state index contributed by atoms with van der Waals surface area (Å²) in [7, 11) is 0. The fourth-order valence-corrected chi connectivity index (χ4v) is 4.24. The summed E-state index contributed by atoms with van der Waals surface area (Å²) in [5, 5.41) is 4.40. The molecule has 0 aromatic carbocycles. The highest BCUT2D eigenvalue weighted by Crippen LogP contribution is 2.27. The highest BCUT2D eigenvalue weighted by atomic mass is 32.2. The average Bonchev–Trinajstić information content (AvgIpc) is 2.95. The minimum atomic E-state index is 0.0913. The molecule has 2 atom stereocenters. The van der Waals surface area contributed by atoms with Crippen LogP contribution >= 0.6 is 11.8 Å². The number of nitrogens with zero attached hydrogens (tertiary/aromatic N) is 3. The first kappa shape index (κ1) is 15.6. The van der Waals surface area contributed by atoms with Crippen LogP contribution in [0.25, 0.3) is 0 Å². The molecule has 3 aliphatic rings. The van der Waals surface area contributed by atoms with E-state index in [0.717, 1.165) is 5.17 Å². The second-order valence-corrected chi connectivity index (χ2v) is 7.18. The van der Waals surface area contributed by atoms with Gasteiger partial charge in [-0.2, -0.15) is 0 Å². The molecule has 3 rings (SSSR count). The zero-order valence-corrected chi connectivity index (χ0v) is 13.9. The van der Waals surface area contributed by atoms with Gasteiger partial charge in [0, 0.05) is 33.1 Å². The van der Waals surface area contributed by atoms with E-state index in [1.54, 1.807) is 11.8 Å². The molecule has 0 spiro atoms. The number of carbonyl (C=O) groups excluding carboxylic acids is 2. The first-order valence-corrected chi connectivity index (χ1v) is 9.12. The molecule has 0 aromatic heterocycles. The number of hydrogen-bond donors (Lipinski definition) is 1. The lowest BCUT2D eigenvalue weighted by Gasteiger charge is -2.34. The molecule has 2 fully saturated rings. The summed E-state index contributed by atoms with van der Waals surface area (Å²) in [6.07, 6.45) is 4.91. The maximum Gasteiger partial charge on any atom is 0.233 e. The number of nitrogens with one attached hydrogen (secondary N) is 1. The quantitative estimate of drug-likeness (QED) is 0.811. The fourth-order valence-electron chi connectivity index (χ4n) is 3.35. The third-order valence-corrected chi connectivity index (χ3v) is 5.62. The first-order valence-electron chi connectivity index (χ1n) is 8.14. The Morgan fingerprint density at radius 2 is 1.86 bits per heavy atom. The minimum absolute atomic E-state index is 0.0913. The molecule has 2 aliphatic heterocycles. The Bertz CT molecular complexity index is 474. The molecule has 6 nitrogen and oxygen atoms in total. The molecule has 7 heteroatoms. The van der Waals surface area contributed by atoms with Crippen molar-refractivity contribution in [1.82, 2.24) is 15.1 Å². The molecule has 1 saturated carbocycles. The van der Waals surface area contributed by atoms with Gasteiger partial charge in [0.05, 0.1) is 17.8 Å². The number of rotatable bonds is 2. The average molecular weight is 324 g/mol. The number of piperazine rings is 1. The van der Waals surface area contributed by atoms with E-state index >= 15 is 0 Å². The van der Waals surface area contributed by atoms with Gasteiger partial charge in [0.2, 0.25) is 11.8 Å². The van der Waals surface area contributed by atoms with Gasteiger partial charge in [-0.3, -0.25) is 14.6 Å². The lowest BCUT2D eigenvalue weighted by Crippen LogP contribution is -2.50. The summed E-state index contributed by atoms with van der Waals surface area (Å²) in [5.74, 6) is 0.673. The van der Waals surface area contributed by atoms with Crippen molar-refractivity contribution >= 4 is 28.7 Å². The summed E-state index contributed by atoms with van der Waals surface area (Å²) >= 11 is 1.53. The molecule has 1 aliphatic carbocycles. The number of hydrogen-bond acceptors (Lipinski definition) is 5. The summed E-state index contributed by atoms with van der Waals surface area (Å²) in [5.41, 5.74) is 0. The molecule has 0 aromatic rings. The Balaban J connectivity index is 1.42. The summed E-state index contributed by atoms with van der Waals surface area (Å²) < 4.78 is 0. The molecule has 122 valence electrons. The van der Waals surface area contributed by atoms with Crippen LogP contribution in [0.1, 0.15) is 32.6 Å². The predicted octanol–water partition coefficient (Wildman–Crippen LogP) is 0.681. The van der Waals surface area contributed by atoms with E-state index in [9.17, 15) is 9.59 Å². The van der Waals surface area contributed by atoms with Crippen LogP contribution in [0.2, 0.25) is 0 Å². The molecule has 2 heterocycles. The number of fused-ring (bicyclic) bond motifs is 1. The van der Waals surface area contributed by atoms with E-state index in [2.05, 4.69) is 5.32 Å². The van der Waals surface area contributed by atoms with Gasteiger partial charge in [-0.05, 0) is 12.8 Å². The van der Waals surface area contributed by atoms with Crippen molar-refractivity contribution in [3.63, 3.8) is 0 Å². The van der Waals surface area contributed by atoms with Gasteiger partial charge in [0.25, 0.3) is 0 Å². The normalized spacial score (nSPS) is 28.0. The Hall–Kier alpha value is -1.24. The van der Waals surface area contributed by atoms with Crippen LogP contribution in [0.15, 0.2) is 4.99 Å². The molecule has 2 amide bonds. The van der Waals surface area contributed by atoms with Crippen molar-refractivity contribution in [2.45, 2.75) is 44.7 Å². The molecule has 1 saturated heterocycles. The van der Waals surface area contributed by atoms with Gasteiger partial charge in [-0.15, -0.1) is 0 Å². The number of aliphatic imine (C=N–C) groups is 1. The van der Waals surface area contributed by atoms with Crippen molar-refractivity contribution in [3.8, 4) is 0 Å². The Morgan fingerprint density at radius 1 is 1.18 bits per heavy atom. The summed E-state index contributed by atoms with van der Waals surface area (Å²) in [6.45, 7) is 4.16. The fraction of sp³-hybridized carbons (Fsp3) is 0.800. The van der Waals surface area contributed by atoms with Crippen LogP contribution in [-0.4, -0.2) is 70.8 Å². The lowest BCUT2D eigenvalue weighted by molar-refractivity contribution is -0.136. The Morgan fingerprint density at radius 3 is 2.55 bits per heavy atom. The van der Waals surface area contributed by atoms with Gasteiger partial charge < -0.3 is 15.1 Å². The Labute approximate surface area is 135 Å². The van der Waals surface area contributed by atoms with Gasteiger partial charge >= 0.3 is 0 Å². The Kier molecular flexibility index (Phi) is 4.90. The van der Waals surface area contributed by atoms with Gasteiger partial charge in [0.15, 0.2) is 5.17 Å². The smallest absolute Gasteiger partial charge is 0.233 e. The second kappa shape index (κ2) is 6.89. The van der Waals surface area contributed by atoms with E-state index in [4.69, 9.17) is 4.99 Å². The zero-order valence-electron chi connectivity index (χ0n) is 13.1. The monoisotopic (exact) mass is 324 g/mol. The summed E-state index contributed by atoms with van der Waals surface area (Å²) in [4.78, 5) is 31.9. The number of carbonyl (C=O) groups is 2. The van der Waals surface area contributed by atoms with Crippen LogP contribution < -0.4 is 5.32 Å². The van der Waals surface area contributed by atoms with E-state index in [-0.39, 0.29) is 11.8 Å². The maximum atomic E-state index is 12.3. The molecular weight excluding hydrogens is 300 g/mol. The van der Waals surface area contributed by atoms with E-state index < -0.39 is 0 Å². The lowest BCUT2D eigenvalue weighted by atomic mass is 9.92. The molecule has 0 unspecified atom stereocenters. The van der Waals surface area contributed by atoms with Crippen LogP contribution in [0.5, 0.6) is 0 Å². The van der Waals surface area contributed by atoms with Crippen LogP contribution in [0.3, 0.4) is 0 Å². The van der Waals surface area contributed by atoms with Crippen LogP contribution in [-0.2, 0) is 9.59 Å². The first-order chi connectivity index (χ1) is 10.6. The highest BCUT2D eigenvalue weighted by Gasteiger charge is 2.31. The number of thioether (sulfide) groups is 1. The predicted molar refractivity (Wildman–Crippen MR) is 87.9 cm³/mol. The maximum absolute atomic E-state index is 12.3. The molecular formula is C15H24N4O2S. The standard InChI is InChI=1S/C15H24N4O2S/c1-11(20)18-6-8-19(9-7-18)14(21)10-22-15-16-12-4-2-3-5-13(12)17-15/h12-13H,2-10H2,1H3,(H,16,17)/t12-,13-/m0/s1. The molecule has 0 bridgehead atoms. The minimum Gasteiger partial charge on any atom is -0.360 e. The van der Waals surface area contributed by atoms with Crippen LogP contribution in [0, 0.1) is 0 Å². The molecule has 22 heavy (non-hydrogen) atoms. The SMILES string of the molecule is CC(=O)N1CCN(C(=O)CSC2=N[C@H]3CCCC[C@@H]3N2)CC1. The van der Waals surface area contributed by atoms with Crippen molar-refractivity contribution < 1.29 is 9.59 Å². The van der Waals surface area contributed by atoms with Crippen molar-refractivity contribution in [1.29, 1.82) is 0 Å². The van der Waals surface area contributed by atoms with Crippen molar-refractivity contribution in [2.24, 2.45) is 4.99 Å². The van der Waals surface area contributed by atoms with Crippen LogP contribution in [0.4, 0.5) is 0 Å². The van der Waals surface area contributed by atoms with Gasteiger partial charge in [-0.25, -0.2) is 0 Å².